The molecule has 0 fully saturated rings. The van der Waals surface area contributed by atoms with Crippen molar-refractivity contribution in [3.8, 4) is 0 Å². The third-order valence-corrected chi connectivity index (χ3v) is 4.44. The molecule has 1 heterocycles. The van der Waals surface area contributed by atoms with Crippen LogP contribution in [0, 0.1) is 5.92 Å². The number of amides is 1. The summed E-state index contributed by atoms with van der Waals surface area (Å²) in [6.07, 6.45) is 0. The lowest BCUT2D eigenvalue weighted by atomic mass is 10.1. The molecular weight excluding hydrogens is 370 g/mol. The molecule has 1 N–H and O–H groups in total. The molecule has 7 heteroatoms. The van der Waals surface area contributed by atoms with E-state index in [1.807, 2.05) is 44.2 Å². The molecule has 0 radical (unpaired) electrons. The van der Waals surface area contributed by atoms with Crippen LogP contribution in [0.1, 0.15) is 29.9 Å². The van der Waals surface area contributed by atoms with Gasteiger partial charge in [0.2, 0.25) is 0 Å². The summed E-state index contributed by atoms with van der Waals surface area (Å²) < 4.78 is 1.29. The zero-order valence-electron chi connectivity index (χ0n) is 16.4. The number of carboxylic acids is 1. The normalized spacial score (nSPS) is 11.0. The van der Waals surface area contributed by atoms with E-state index >= 15 is 0 Å². The van der Waals surface area contributed by atoms with Crippen LogP contribution in [0.15, 0.2) is 59.4 Å². The molecule has 0 aliphatic rings. The van der Waals surface area contributed by atoms with E-state index in [2.05, 4.69) is 5.10 Å². The first kappa shape index (κ1) is 20.3. The summed E-state index contributed by atoms with van der Waals surface area (Å²) in [6, 6.07) is 15.9. The SMILES string of the molecule is CC(C)Cn1nc(C(=O)N(CC(=O)O)Cc2ccccc2)c2ccccc2c1=O. The van der Waals surface area contributed by atoms with Gasteiger partial charge in [0, 0.05) is 18.5 Å². The molecule has 1 amide bonds. The number of carbonyl (C=O) groups is 2. The van der Waals surface area contributed by atoms with Crippen LogP contribution in [0.25, 0.3) is 10.8 Å². The Bertz CT molecular complexity index is 1090. The van der Waals surface area contributed by atoms with Crippen LogP contribution in [0.5, 0.6) is 0 Å². The lowest BCUT2D eigenvalue weighted by molar-refractivity contribution is -0.137. The van der Waals surface area contributed by atoms with Gasteiger partial charge in [-0.25, -0.2) is 4.68 Å². The van der Waals surface area contributed by atoms with Gasteiger partial charge in [-0.05, 0) is 17.5 Å². The van der Waals surface area contributed by atoms with Crippen molar-refractivity contribution < 1.29 is 14.7 Å². The number of hydrogen-bond acceptors (Lipinski definition) is 4. The Morgan fingerprint density at radius 1 is 1.03 bits per heavy atom. The summed E-state index contributed by atoms with van der Waals surface area (Å²) in [5, 5.41) is 14.5. The van der Waals surface area contributed by atoms with Crippen molar-refractivity contribution in [1.82, 2.24) is 14.7 Å². The summed E-state index contributed by atoms with van der Waals surface area (Å²) in [6.45, 7) is 3.94. The van der Waals surface area contributed by atoms with Crippen LogP contribution in [-0.4, -0.2) is 38.2 Å². The first-order valence-corrected chi connectivity index (χ1v) is 9.41. The molecule has 0 aliphatic heterocycles. The van der Waals surface area contributed by atoms with Crippen LogP contribution >= 0.6 is 0 Å². The highest BCUT2D eigenvalue weighted by Gasteiger charge is 2.24. The van der Waals surface area contributed by atoms with E-state index in [0.717, 1.165) is 5.56 Å². The molecule has 0 saturated heterocycles. The minimum absolute atomic E-state index is 0.0815. The maximum absolute atomic E-state index is 13.3. The number of carboxylic acid groups (broad SMARTS) is 1. The fourth-order valence-corrected chi connectivity index (χ4v) is 3.18. The quantitative estimate of drug-likeness (QED) is 0.666. The number of nitrogens with zero attached hydrogens (tertiary/aromatic N) is 3. The number of aliphatic carboxylic acids is 1. The minimum atomic E-state index is -1.12. The summed E-state index contributed by atoms with van der Waals surface area (Å²) in [7, 11) is 0. The van der Waals surface area contributed by atoms with Crippen LogP contribution in [-0.2, 0) is 17.9 Å². The van der Waals surface area contributed by atoms with E-state index in [4.69, 9.17) is 0 Å². The molecular formula is C22H23N3O4. The molecule has 7 nitrogen and oxygen atoms in total. The Morgan fingerprint density at radius 2 is 1.66 bits per heavy atom. The molecule has 0 aliphatic carbocycles. The van der Waals surface area contributed by atoms with Crippen LogP contribution < -0.4 is 5.56 Å². The number of fused-ring (bicyclic) bond motifs is 1. The third-order valence-electron chi connectivity index (χ3n) is 4.44. The highest BCUT2D eigenvalue weighted by atomic mass is 16.4. The second kappa shape index (κ2) is 8.68. The lowest BCUT2D eigenvalue weighted by Crippen LogP contribution is -2.37. The summed E-state index contributed by atoms with van der Waals surface area (Å²) in [4.78, 5) is 38.7. The summed E-state index contributed by atoms with van der Waals surface area (Å²) in [5.41, 5.74) is 0.624. The van der Waals surface area contributed by atoms with Gasteiger partial charge >= 0.3 is 5.97 Å². The van der Waals surface area contributed by atoms with Gasteiger partial charge in [0.1, 0.15) is 6.54 Å². The molecule has 1 aromatic heterocycles. The predicted octanol–water partition coefficient (Wildman–Crippen LogP) is 2.78. The molecule has 0 saturated carbocycles. The molecule has 29 heavy (non-hydrogen) atoms. The van der Waals surface area contributed by atoms with Crippen LogP contribution in [0.2, 0.25) is 0 Å². The highest BCUT2D eigenvalue weighted by Crippen LogP contribution is 2.17. The standard InChI is InChI=1S/C22H23N3O4/c1-15(2)12-25-21(28)18-11-7-6-10-17(18)20(23-25)22(29)24(14-19(26)27)13-16-8-4-3-5-9-16/h3-11,15H,12-14H2,1-2H3,(H,26,27). The van der Waals surface area contributed by atoms with E-state index in [-0.39, 0.29) is 23.7 Å². The van der Waals surface area contributed by atoms with Gasteiger partial charge in [0.15, 0.2) is 5.69 Å². The first-order valence-electron chi connectivity index (χ1n) is 9.41. The van der Waals surface area contributed by atoms with Gasteiger partial charge in [0.25, 0.3) is 11.5 Å². The van der Waals surface area contributed by atoms with Crippen molar-refractivity contribution in [2.75, 3.05) is 6.54 Å². The maximum Gasteiger partial charge on any atom is 0.323 e. The van der Waals surface area contributed by atoms with Crippen LogP contribution in [0.3, 0.4) is 0 Å². The topological polar surface area (TPSA) is 92.5 Å². The summed E-state index contributed by atoms with van der Waals surface area (Å²) >= 11 is 0. The molecule has 0 unspecified atom stereocenters. The lowest BCUT2D eigenvalue weighted by Gasteiger charge is -2.22. The Morgan fingerprint density at radius 3 is 2.28 bits per heavy atom. The van der Waals surface area contributed by atoms with Crippen LogP contribution in [0.4, 0.5) is 0 Å². The zero-order chi connectivity index (χ0) is 21.0. The second-order valence-corrected chi connectivity index (χ2v) is 7.32. The van der Waals surface area contributed by atoms with E-state index in [1.165, 1.54) is 9.58 Å². The Labute approximate surface area is 168 Å². The Hall–Kier alpha value is -3.48. The molecule has 2 aromatic carbocycles. The smallest absolute Gasteiger partial charge is 0.323 e. The molecule has 150 valence electrons. The predicted molar refractivity (Wildman–Crippen MR) is 110 cm³/mol. The van der Waals surface area contributed by atoms with Crippen molar-refractivity contribution in [3.63, 3.8) is 0 Å². The van der Waals surface area contributed by atoms with Crippen molar-refractivity contribution in [1.29, 1.82) is 0 Å². The van der Waals surface area contributed by atoms with Crippen molar-refractivity contribution >= 4 is 22.6 Å². The largest absolute Gasteiger partial charge is 0.480 e. The Balaban J connectivity index is 2.10. The number of rotatable bonds is 7. The zero-order valence-corrected chi connectivity index (χ0v) is 16.4. The average molecular weight is 393 g/mol. The molecule has 0 bridgehead atoms. The van der Waals surface area contributed by atoms with Gasteiger partial charge in [-0.15, -0.1) is 0 Å². The number of carbonyl (C=O) groups excluding carboxylic acids is 1. The van der Waals surface area contributed by atoms with E-state index in [0.29, 0.717) is 17.3 Å². The van der Waals surface area contributed by atoms with E-state index < -0.39 is 18.4 Å². The number of benzene rings is 2. The van der Waals surface area contributed by atoms with Gasteiger partial charge in [0.05, 0.1) is 5.39 Å². The van der Waals surface area contributed by atoms with Gasteiger partial charge < -0.3 is 10.0 Å². The van der Waals surface area contributed by atoms with E-state index in [1.54, 1.807) is 24.3 Å². The molecule has 0 spiro atoms. The van der Waals surface area contributed by atoms with Gasteiger partial charge in [-0.2, -0.15) is 5.10 Å². The number of hydrogen-bond donors (Lipinski definition) is 1. The Kier molecular flexibility index (Phi) is 6.07. The van der Waals surface area contributed by atoms with Crippen molar-refractivity contribution in [2.45, 2.75) is 26.9 Å². The minimum Gasteiger partial charge on any atom is -0.480 e. The maximum atomic E-state index is 13.3. The van der Waals surface area contributed by atoms with Crippen molar-refractivity contribution in [3.05, 3.63) is 76.2 Å². The molecule has 3 rings (SSSR count). The highest BCUT2D eigenvalue weighted by molar-refractivity contribution is 6.05. The molecule has 3 aromatic rings. The fourth-order valence-electron chi connectivity index (χ4n) is 3.18. The fraction of sp³-hybridized carbons (Fsp3) is 0.273. The van der Waals surface area contributed by atoms with Gasteiger partial charge in [-0.3, -0.25) is 14.4 Å². The monoisotopic (exact) mass is 393 g/mol. The summed E-state index contributed by atoms with van der Waals surface area (Å²) in [5.74, 6) is -1.48. The second-order valence-electron chi connectivity index (χ2n) is 7.32. The van der Waals surface area contributed by atoms with E-state index in [9.17, 15) is 19.5 Å². The average Bonchev–Trinajstić information content (AvgIpc) is 2.69. The first-order chi connectivity index (χ1) is 13.9. The van der Waals surface area contributed by atoms with Crippen molar-refractivity contribution in [2.24, 2.45) is 5.92 Å². The number of aromatic nitrogens is 2. The van der Waals surface area contributed by atoms with Gasteiger partial charge in [-0.1, -0.05) is 62.4 Å². The third kappa shape index (κ3) is 4.68. The molecule has 0 atom stereocenters.